The minimum absolute atomic E-state index is 0.0835. The summed E-state index contributed by atoms with van der Waals surface area (Å²) in [6.45, 7) is 1.69. The van der Waals surface area contributed by atoms with Crippen molar-refractivity contribution >= 4 is 11.3 Å². The molecule has 13 heavy (non-hydrogen) atoms. The maximum Gasteiger partial charge on any atom is 0.133 e. The van der Waals surface area contributed by atoms with E-state index in [0.717, 1.165) is 18.0 Å². The van der Waals surface area contributed by atoms with E-state index < -0.39 is 0 Å². The number of thiophene rings is 1. The molecule has 2 rings (SSSR count). The average Bonchev–Trinajstić information content (AvgIpc) is 2.55. The van der Waals surface area contributed by atoms with Crippen LogP contribution in [0.1, 0.15) is 10.9 Å². The highest BCUT2D eigenvalue weighted by atomic mass is 32.1. The first-order valence-electron chi connectivity index (χ1n) is 4.24. The fourth-order valence-electron chi connectivity index (χ4n) is 1.53. The zero-order valence-corrected chi connectivity index (χ0v) is 8.00. The van der Waals surface area contributed by atoms with Gasteiger partial charge in [0.25, 0.3) is 0 Å². The molecule has 0 aromatic carbocycles. The lowest BCUT2D eigenvalue weighted by Gasteiger charge is -2.39. The average molecular weight is 193 g/mol. The van der Waals surface area contributed by atoms with Gasteiger partial charge in [-0.05, 0) is 11.4 Å². The van der Waals surface area contributed by atoms with Crippen molar-refractivity contribution in [2.45, 2.75) is 12.1 Å². The third-order valence-corrected chi connectivity index (χ3v) is 3.16. The molecule has 1 atom stereocenters. The van der Waals surface area contributed by atoms with Gasteiger partial charge in [0, 0.05) is 24.0 Å². The molecule has 1 aromatic rings. The van der Waals surface area contributed by atoms with Gasteiger partial charge >= 0.3 is 0 Å². The van der Waals surface area contributed by atoms with Crippen LogP contribution in [-0.4, -0.2) is 24.0 Å². The lowest BCUT2D eigenvalue weighted by Crippen LogP contribution is -2.56. The molecule has 1 aromatic heterocycles. The number of hydrogen-bond donors (Lipinski definition) is 1. The minimum atomic E-state index is -0.0835. The second-order valence-corrected chi connectivity index (χ2v) is 4.24. The van der Waals surface area contributed by atoms with E-state index in [2.05, 4.69) is 11.0 Å². The number of nitriles is 1. The maximum absolute atomic E-state index is 8.99. The minimum Gasteiger partial charge on any atom is -0.325 e. The van der Waals surface area contributed by atoms with Crippen LogP contribution in [-0.2, 0) is 0 Å². The van der Waals surface area contributed by atoms with Gasteiger partial charge in [-0.2, -0.15) is 5.26 Å². The third-order valence-electron chi connectivity index (χ3n) is 2.24. The molecule has 0 unspecified atom stereocenters. The predicted molar refractivity (Wildman–Crippen MR) is 52.2 cm³/mol. The molecule has 68 valence electrons. The van der Waals surface area contributed by atoms with Crippen molar-refractivity contribution in [2.24, 2.45) is 5.73 Å². The van der Waals surface area contributed by atoms with Crippen LogP contribution in [0.4, 0.5) is 0 Å². The Bertz CT molecular complexity index is 308. The van der Waals surface area contributed by atoms with E-state index in [1.165, 1.54) is 0 Å². The molecular formula is C9H11N3S. The zero-order chi connectivity index (χ0) is 9.26. The van der Waals surface area contributed by atoms with E-state index in [1.807, 2.05) is 17.5 Å². The summed E-state index contributed by atoms with van der Waals surface area (Å²) in [6, 6.07) is 6.46. The summed E-state index contributed by atoms with van der Waals surface area (Å²) in [7, 11) is 0. The Balaban J connectivity index is 2.08. The van der Waals surface area contributed by atoms with Crippen molar-refractivity contribution in [1.82, 2.24) is 4.90 Å². The number of nitrogens with zero attached hydrogens (tertiary/aromatic N) is 2. The van der Waals surface area contributed by atoms with Gasteiger partial charge in [0.1, 0.15) is 6.04 Å². The van der Waals surface area contributed by atoms with Crippen molar-refractivity contribution in [2.75, 3.05) is 13.1 Å². The van der Waals surface area contributed by atoms with Crippen LogP contribution in [0.25, 0.3) is 0 Å². The SMILES string of the molecule is N#C[C@H](c1cccs1)N1CC(N)C1. The van der Waals surface area contributed by atoms with Crippen molar-refractivity contribution < 1.29 is 0 Å². The molecule has 1 saturated heterocycles. The molecule has 0 spiro atoms. The molecule has 3 nitrogen and oxygen atoms in total. The summed E-state index contributed by atoms with van der Waals surface area (Å²) in [4.78, 5) is 3.23. The Kier molecular flexibility index (Phi) is 2.32. The molecule has 2 heterocycles. The lowest BCUT2D eigenvalue weighted by molar-refractivity contribution is 0.123. The predicted octanol–water partition coefficient (Wildman–Crippen LogP) is 0.956. The first kappa shape index (κ1) is 8.70. The van der Waals surface area contributed by atoms with Gasteiger partial charge in [-0.25, -0.2) is 0 Å². The molecular weight excluding hydrogens is 182 g/mol. The smallest absolute Gasteiger partial charge is 0.133 e. The standard InChI is InChI=1S/C9H11N3S/c10-4-8(9-2-1-3-13-9)12-5-7(11)6-12/h1-3,7-8H,5-6,11H2/t8-/m1/s1. The Morgan fingerprint density at radius 2 is 2.46 bits per heavy atom. The number of rotatable bonds is 2. The lowest BCUT2D eigenvalue weighted by atomic mass is 10.1. The van der Waals surface area contributed by atoms with Crippen molar-refractivity contribution in [1.29, 1.82) is 5.26 Å². The first-order chi connectivity index (χ1) is 6.31. The fourth-order valence-corrected chi connectivity index (χ4v) is 2.33. The van der Waals surface area contributed by atoms with Crippen molar-refractivity contribution in [3.05, 3.63) is 22.4 Å². The van der Waals surface area contributed by atoms with E-state index in [1.54, 1.807) is 11.3 Å². The number of nitrogens with two attached hydrogens (primary N) is 1. The summed E-state index contributed by atoms with van der Waals surface area (Å²) >= 11 is 1.63. The van der Waals surface area contributed by atoms with Crippen LogP contribution in [0, 0.1) is 11.3 Å². The number of likely N-dealkylation sites (tertiary alicyclic amines) is 1. The Hall–Kier alpha value is -0.890. The van der Waals surface area contributed by atoms with Crippen LogP contribution < -0.4 is 5.73 Å². The maximum atomic E-state index is 8.99. The van der Waals surface area contributed by atoms with E-state index in [9.17, 15) is 0 Å². The number of hydrogen-bond acceptors (Lipinski definition) is 4. The van der Waals surface area contributed by atoms with Gasteiger partial charge < -0.3 is 5.73 Å². The van der Waals surface area contributed by atoms with Crippen LogP contribution in [0.2, 0.25) is 0 Å². The van der Waals surface area contributed by atoms with Crippen LogP contribution in [0.15, 0.2) is 17.5 Å². The highest BCUT2D eigenvalue weighted by Crippen LogP contribution is 2.27. The van der Waals surface area contributed by atoms with Crippen molar-refractivity contribution in [3.8, 4) is 6.07 Å². The Morgan fingerprint density at radius 1 is 1.69 bits per heavy atom. The topological polar surface area (TPSA) is 53.0 Å². The summed E-state index contributed by atoms with van der Waals surface area (Å²) in [5, 5.41) is 11.0. The first-order valence-corrected chi connectivity index (χ1v) is 5.12. The molecule has 0 aliphatic carbocycles. The van der Waals surface area contributed by atoms with Gasteiger partial charge in [-0.3, -0.25) is 4.90 Å². The third kappa shape index (κ3) is 1.59. The monoisotopic (exact) mass is 193 g/mol. The van der Waals surface area contributed by atoms with Crippen molar-refractivity contribution in [3.63, 3.8) is 0 Å². The molecule has 1 aliphatic heterocycles. The molecule has 0 radical (unpaired) electrons. The summed E-state index contributed by atoms with van der Waals surface area (Å²) in [5.41, 5.74) is 5.67. The van der Waals surface area contributed by atoms with Gasteiger partial charge in [-0.1, -0.05) is 6.07 Å². The van der Waals surface area contributed by atoms with Gasteiger partial charge in [0.2, 0.25) is 0 Å². The molecule has 1 aliphatic rings. The van der Waals surface area contributed by atoms with E-state index in [-0.39, 0.29) is 12.1 Å². The Labute approximate surface area is 81.4 Å². The molecule has 0 amide bonds. The fraction of sp³-hybridized carbons (Fsp3) is 0.444. The van der Waals surface area contributed by atoms with Gasteiger partial charge in [-0.15, -0.1) is 11.3 Å². The van der Waals surface area contributed by atoms with Gasteiger partial charge in [0.15, 0.2) is 0 Å². The zero-order valence-electron chi connectivity index (χ0n) is 7.18. The molecule has 1 fully saturated rings. The summed E-state index contributed by atoms with van der Waals surface area (Å²) in [5.74, 6) is 0. The molecule has 0 bridgehead atoms. The Morgan fingerprint density at radius 3 is 2.92 bits per heavy atom. The molecule has 0 saturated carbocycles. The summed E-state index contributed by atoms with van der Waals surface area (Å²) < 4.78 is 0. The molecule has 2 N–H and O–H groups in total. The quantitative estimate of drug-likeness (QED) is 0.761. The normalized spacial score (nSPS) is 20.6. The largest absolute Gasteiger partial charge is 0.325 e. The van der Waals surface area contributed by atoms with E-state index >= 15 is 0 Å². The van der Waals surface area contributed by atoms with Crippen LogP contribution >= 0.6 is 11.3 Å². The van der Waals surface area contributed by atoms with Crippen LogP contribution in [0.3, 0.4) is 0 Å². The van der Waals surface area contributed by atoms with E-state index in [0.29, 0.717) is 0 Å². The second kappa shape index (κ2) is 3.46. The highest BCUT2D eigenvalue weighted by molar-refractivity contribution is 7.10. The second-order valence-electron chi connectivity index (χ2n) is 3.26. The highest BCUT2D eigenvalue weighted by Gasteiger charge is 2.31. The van der Waals surface area contributed by atoms with Crippen LogP contribution in [0.5, 0.6) is 0 Å². The summed E-state index contributed by atoms with van der Waals surface area (Å²) in [6.07, 6.45) is 0. The van der Waals surface area contributed by atoms with E-state index in [4.69, 9.17) is 11.0 Å². The van der Waals surface area contributed by atoms with Gasteiger partial charge in [0.05, 0.1) is 6.07 Å². The molecule has 4 heteroatoms.